The molecule has 0 radical (unpaired) electrons. The zero-order valence-electron chi connectivity index (χ0n) is 45.1. The van der Waals surface area contributed by atoms with Crippen LogP contribution in [0.1, 0.15) is 138 Å². The first kappa shape index (κ1) is 53.6. The van der Waals surface area contributed by atoms with E-state index in [4.69, 9.17) is 9.98 Å². The summed E-state index contributed by atoms with van der Waals surface area (Å²) < 4.78 is 0. The zero-order chi connectivity index (χ0) is 53.7. The van der Waals surface area contributed by atoms with Crippen LogP contribution in [0.2, 0.25) is 0 Å². The molecule has 1 aliphatic rings. The molecule has 11 rings (SSSR count). The molecule has 0 saturated heterocycles. The van der Waals surface area contributed by atoms with Gasteiger partial charge in [0.2, 0.25) is 0 Å². The number of nitrogens with zero attached hydrogens (tertiary/aromatic N) is 2. The molecule has 10 aromatic rings. The topological polar surface area (TPSA) is 24.7 Å². The molecular formula is C72H64Br2N2Ni. The first-order chi connectivity index (χ1) is 37.4. The van der Waals surface area contributed by atoms with Gasteiger partial charge in [-0.2, -0.15) is 0 Å². The molecule has 2 atom stereocenters. The van der Waals surface area contributed by atoms with E-state index in [0.29, 0.717) is 0 Å². The molecule has 0 aromatic heterocycles. The summed E-state index contributed by atoms with van der Waals surface area (Å²) in [7, 11) is 1.25. The monoisotopic (exact) mass is 1170 g/mol. The van der Waals surface area contributed by atoms with Crippen LogP contribution in [-0.4, -0.2) is 11.4 Å². The maximum absolute atomic E-state index is 6.30. The molecule has 0 heterocycles. The summed E-state index contributed by atoms with van der Waals surface area (Å²) in [5.74, 6) is -0.108. The van der Waals surface area contributed by atoms with Gasteiger partial charge in [-0.3, -0.25) is 0 Å². The molecule has 5 heteroatoms. The number of halogens is 2. The first-order valence-electron chi connectivity index (χ1n) is 26.6. The molecule has 2 unspecified atom stereocenters. The minimum absolute atomic E-state index is 0.0713. The second-order valence-corrected chi connectivity index (χ2v) is 26.0. The molecule has 77 heavy (non-hydrogen) atoms. The van der Waals surface area contributed by atoms with Gasteiger partial charge < -0.3 is 0 Å². The molecule has 0 aliphatic heterocycles. The second-order valence-electron chi connectivity index (χ2n) is 21.0. The number of benzene rings is 10. The average Bonchev–Trinajstić information content (AvgIpc) is 3.77. The summed E-state index contributed by atoms with van der Waals surface area (Å²) in [6.45, 7) is 17.8. The van der Waals surface area contributed by atoms with Crippen molar-refractivity contribution < 1.29 is 10.9 Å². The molecule has 1 aliphatic carbocycles. The van der Waals surface area contributed by atoms with Gasteiger partial charge in [-0.05, 0) is 103 Å². The average molecular weight is 1180 g/mol. The van der Waals surface area contributed by atoms with Crippen molar-refractivity contribution in [3.05, 3.63) is 319 Å². The van der Waals surface area contributed by atoms with Gasteiger partial charge in [-0.15, -0.1) is 0 Å². The normalized spacial score (nSPS) is 13.9. The van der Waals surface area contributed by atoms with Gasteiger partial charge >= 0.3 is 39.3 Å². The van der Waals surface area contributed by atoms with Crippen LogP contribution >= 0.6 is 28.5 Å². The van der Waals surface area contributed by atoms with Crippen LogP contribution in [-0.2, 0) is 10.9 Å². The summed E-state index contributed by atoms with van der Waals surface area (Å²) in [4.78, 5) is 12.4. The standard InChI is InChI=1S/C72H64N2.2BrH.Ni/c1-45-25-33-56(34-26-45)66(57-35-27-46(2)28-36-57)64-43-50(6)44-65(67(58-37-29-47(3)30-38-58)59-39-31-48(4)32-40-59)70(64)74-72-61-24-16-22-55-21-15-23-60(68(55)61)71(72)73-69-62(51(7)53-17-11-9-12-18-53)41-49(5)42-63(69)52(8)54-19-13-10-14-20-54;;;/h9-44,51-52,66-67H,1-8H3;2*1H;/q;;;+2/p-2. The minimum atomic E-state index is -0.125. The summed E-state index contributed by atoms with van der Waals surface area (Å²) in [5.41, 5.74) is 25.5. The Labute approximate surface area is 476 Å². The van der Waals surface area contributed by atoms with Gasteiger partial charge in [0.15, 0.2) is 0 Å². The Bertz CT molecular complexity index is 3470. The van der Waals surface area contributed by atoms with Crippen molar-refractivity contribution >= 4 is 62.0 Å². The van der Waals surface area contributed by atoms with Crippen LogP contribution in [0.25, 0.3) is 10.8 Å². The first-order valence-corrected chi connectivity index (χ1v) is 31.5. The fourth-order valence-electron chi connectivity index (χ4n) is 11.5. The van der Waals surface area contributed by atoms with Gasteiger partial charge in [0.05, 0.1) is 22.8 Å². The summed E-state index contributed by atoms with van der Waals surface area (Å²) >= 11 is 6.00. The molecule has 386 valence electrons. The second kappa shape index (κ2) is 23.9. The number of rotatable bonds is 12. The van der Waals surface area contributed by atoms with E-state index < -0.39 is 0 Å². The van der Waals surface area contributed by atoms with Crippen molar-refractivity contribution in [1.29, 1.82) is 0 Å². The Kier molecular flexibility index (Phi) is 16.6. The summed E-state index contributed by atoms with van der Waals surface area (Å²) in [6.07, 6.45) is 0. The number of aliphatic imine (C=N–C) groups is 2. The Morgan fingerprint density at radius 1 is 0.325 bits per heavy atom. The van der Waals surface area contributed by atoms with E-state index in [-0.39, 0.29) is 23.7 Å². The van der Waals surface area contributed by atoms with E-state index in [9.17, 15) is 0 Å². The fraction of sp³-hybridized carbons (Fsp3) is 0.167. The van der Waals surface area contributed by atoms with Crippen LogP contribution < -0.4 is 0 Å². The van der Waals surface area contributed by atoms with Crippen LogP contribution in [0.4, 0.5) is 11.4 Å². The Morgan fingerprint density at radius 3 is 0.948 bits per heavy atom. The van der Waals surface area contributed by atoms with Gasteiger partial charge in [0, 0.05) is 40.2 Å². The summed E-state index contributed by atoms with van der Waals surface area (Å²) in [6, 6.07) is 81.3. The molecule has 0 amide bonds. The molecule has 0 bridgehead atoms. The third-order valence-corrected chi connectivity index (χ3v) is 15.5. The number of aryl methyl sites for hydroxylation is 6. The molecule has 0 spiro atoms. The molecule has 10 aromatic carbocycles. The van der Waals surface area contributed by atoms with Crippen molar-refractivity contribution in [3.8, 4) is 0 Å². The number of hydrogen-bond donors (Lipinski definition) is 0. The van der Waals surface area contributed by atoms with E-state index in [1.54, 1.807) is 0 Å². The van der Waals surface area contributed by atoms with E-state index in [1.165, 1.54) is 111 Å². The predicted molar refractivity (Wildman–Crippen MR) is 331 cm³/mol. The van der Waals surface area contributed by atoms with Gasteiger partial charge in [0.25, 0.3) is 0 Å². The van der Waals surface area contributed by atoms with E-state index in [0.717, 1.165) is 33.9 Å². The van der Waals surface area contributed by atoms with Gasteiger partial charge in [-0.1, -0.05) is 266 Å². The molecule has 0 N–H and O–H groups in total. The van der Waals surface area contributed by atoms with Crippen molar-refractivity contribution in [2.75, 3.05) is 0 Å². The fourth-order valence-corrected chi connectivity index (χ4v) is 11.5. The molecule has 0 fully saturated rings. The zero-order valence-corrected chi connectivity index (χ0v) is 49.2. The Morgan fingerprint density at radius 2 is 0.623 bits per heavy atom. The van der Waals surface area contributed by atoms with Crippen molar-refractivity contribution in [3.63, 3.8) is 0 Å². The van der Waals surface area contributed by atoms with E-state index in [1.807, 2.05) is 0 Å². The van der Waals surface area contributed by atoms with Crippen LogP contribution in [0.15, 0.2) is 228 Å². The van der Waals surface area contributed by atoms with Gasteiger partial charge in [0.1, 0.15) is 0 Å². The van der Waals surface area contributed by atoms with Crippen LogP contribution in [0, 0.1) is 41.5 Å². The summed E-state index contributed by atoms with van der Waals surface area (Å²) in [5, 5.41) is 2.36. The molecular weight excluding hydrogens is 1110 g/mol. The number of hydrogen-bond acceptors (Lipinski definition) is 2. The van der Waals surface area contributed by atoms with Crippen LogP contribution in [0.5, 0.6) is 0 Å². The SMILES string of the molecule is Cc1ccc(C(c2ccc(C)cc2)c2cc(C)cc(C(c3ccc(C)cc3)c3ccc(C)cc3)c2N=C2C(=Nc3c(C(C)c4ccccc4)cc(C)cc3C(C)c3ccccc3)c3cccc4cccc2c34)cc1.[Br][Ni][Br]. The third kappa shape index (κ3) is 11.5. The Balaban J connectivity index is 0.00000219. The quantitative estimate of drug-likeness (QED) is 0.0860. The van der Waals surface area contributed by atoms with E-state index in [2.05, 4.69) is 302 Å². The van der Waals surface area contributed by atoms with E-state index >= 15 is 0 Å². The van der Waals surface area contributed by atoms with Crippen molar-refractivity contribution in [1.82, 2.24) is 0 Å². The van der Waals surface area contributed by atoms with Crippen molar-refractivity contribution in [2.45, 2.75) is 79.1 Å². The van der Waals surface area contributed by atoms with Crippen molar-refractivity contribution in [2.24, 2.45) is 9.98 Å². The van der Waals surface area contributed by atoms with Gasteiger partial charge in [-0.25, -0.2) is 9.98 Å². The molecule has 2 nitrogen and oxygen atoms in total. The Hall–Kier alpha value is -6.75. The third-order valence-electron chi connectivity index (χ3n) is 15.5. The maximum atomic E-state index is 6.30. The van der Waals surface area contributed by atoms with Crippen LogP contribution in [0.3, 0.4) is 0 Å². The predicted octanol–water partition coefficient (Wildman–Crippen LogP) is 20.3. The molecule has 0 saturated carbocycles.